The van der Waals surface area contributed by atoms with Gasteiger partial charge in [-0.3, -0.25) is 9.69 Å². The molecule has 0 fully saturated rings. The molecule has 0 bridgehead atoms. The number of nitriles is 1. The molecule has 2 N–H and O–H groups in total. The highest BCUT2D eigenvalue weighted by Gasteiger charge is 2.38. The molecule has 0 amide bonds. The Morgan fingerprint density at radius 3 is 2.23 bits per heavy atom. The van der Waals surface area contributed by atoms with Crippen molar-refractivity contribution in [2.45, 2.75) is 44.8 Å². The number of carbonyl (C=O) groups is 2. The van der Waals surface area contributed by atoms with Gasteiger partial charge in [0.1, 0.15) is 12.4 Å². The van der Waals surface area contributed by atoms with Gasteiger partial charge in [0.05, 0.1) is 22.7 Å². The summed E-state index contributed by atoms with van der Waals surface area (Å²) in [5.41, 5.74) is 2.53. The number of esters is 1. The second-order valence-electron chi connectivity index (χ2n) is 9.15. The zero-order valence-electron chi connectivity index (χ0n) is 22.6. The van der Waals surface area contributed by atoms with Crippen molar-refractivity contribution in [2.75, 3.05) is 20.7 Å². The molecule has 3 aromatic rings. The Morgan fingerprint density at radius 2 is 1.72 bits per heavy atom. The molecular weight excluding hydrogens is 499 g/mol. The number of rotatable bonds is 11. The summed E-state index contributed by atoms with van der Waals surface area (Å²) in [5, 5.41) is 27.3. The number of carboxylic acids is 1. The predicted molar refractivity (Wildman–Crippen MR) is 146 cm³/mol. The van der Waals surface area contributed by atoms with Crippen molar-refractivity contribution in [2.24, 2.45) is 0 Å². The van der Waals surface area contributed by atoms with Crippen molar-refractivity contribution in [3.8, 4) is 6.07 Å². The van der Waals surface area contributed by atoms with Crippen LogP contribution in [0.5, 0.6) is 0 Å². The SMILES string of the molecule is CCCC(=O)OCc1cc(C#N)ccc1[C@@](CCCO)(c1ccc(F)cc1)N(C)C.O=C(O)c1ccccc1. The zero-order valence-corrected chi connectivity index (χ0v) is 22.6. The second kappa shape index (κ2) is 15.4. The minimum Gasteiger partial charge on any atom is -0.478 e. The fourth-order valence-electron chi connectivity index (χ4n) is 4.42. The molecule has 206 valence electrons. The number of halogens is 1. The minimum atomic E-state index is -0.879. The zero-order chi connectivity index (χ0) is 28.8. The highest BCUT2D eigenvalue weighted by Crippen LogP contribution is 2.41. The summed E-state index contributed by atoms with van der Waals surface area (Å²) in [6.45, 7) is 1.96. The van der Waals surface area contributed by atoms with E-state index in [9.17, 15) is 24.3 Å². The Balaban J connectivity index is 0.000000499. The van der Waals surface area contributed by atoms with Crippen LogP contribution in [-0.4, -0.2) is 47.8 Å². The van der Waals surface area contributed by atoms with E-state index in [2.05, 4.69) is 6.07 Å². The Labute approximate surface area is 229 Å². The summed E-state index contributed by atoms with van der Waals surface area (Å²) in [4.78, 5) is 24.2. The average molecular weight is 535 g/mol. The second-order valence-corrected chi connectivity index (χ2v) is 9.15. The van der Waals surface area contributed by atoms with Crippen molar-refractivity contribution < 1.29 is 28.9 Å². The van der Waals surface area contributed by atoms with E-state index in [0.717, 1.165) is 16.7 Å². The van der Waals surface area contributed by atoms with Crippen LogP contribution in [0.4, 0.5) is 4.39 Å². The maximum absolute atomic E-state index is 13.6. The van der Waals surface area contributed by atoms with E-state index in [1.165, 1.54) is 12.1 Å². The lowest BCUT2D eigenvalue weighted by Crippen LogP contribution is -2.43. The number of hydrogen-bond donors (Lipinski definition) is 2. The molecule has 0 unspecified atom stereocenters. The molecule has 39 heavy (non-hydrogen) atoms. The number of aromatic carboxylic acids is 1. The first-order valence-corrected chi connectivity index (χ1v) is 12.7. The molecule has 1 atom stereocenters. The topological polar surface area (TPSA) is 111 Å². The van der Waals surface area contributed by atoms with Gasteiger partial charge in [0, 0.05) is 13.0 Å². The maximum atomic E-state index is 13.6. The van der Waals surface area contributed by atoms with Crippen molar-refractivity contribution in [1.29, 1.82) is 5.26 Å². The van der Waals surface area contributed by atoms with Crippen molar-refractivity contribution in [1.82, 2.24) is 4.90 Å². The van der Waals surface area contributed by atoms with E-state index in [-0.39, 0.29) is 25.0 Å². The summed E-state index contributed by atoms with van der Waals surface area (Å²) in [5.74, 6) is -1.50. The normalized spacial score (nSPS) is 12.0. The van der Waals surface area contributed by atoms with E-state index in [0.29, 0.717) is 36.8 Å². The van der Waals surface area contributed by atoms with Gasteiger partial charge in [0.15, 0.2) is 0 Å². The van der Waals surface area contributed by atoms with E-state index in [1.54, 1.807) is 54.6 Å². The number of carboxylic acid groups (broad SMARTS) is 1. The van der Waals surface area contributed by atoms with E-state index >= 15 is 0 Å². The van der Waals surface area contributed by atoms with Crippen molar-refractivity contribution in [3.63, 3.8) is 0 Å². The van der Waals surface area contributed by atoms with Crippen LogP contribution in [0, 0.1) is 17.1 Å². The number of nitrogens with zero attached hydrogens (tertiary/aromatic N) is 2. The first-order chi connectivity index (χ1) is 18.7. The molecule has 0 aromatic heterocycles. The van der Waals surface area contributed by atoms with Gasteiger partial charge in [0.2, 0.25) is 0 Å². The number of aliphatic hydroxyl groups is 1. The summed E-state index contributed by atoms with van der Waals surface area (Å²) >= 11 is 0. The molecule has 8 heteroatoms. The lowest BCUT2D eigenvalue weighted by molar-refractivity contribution is -0.145. The lowest BCUT2D eigenvalue weighted by Gasteiger charge is -2.42. The summed E-state index contributed by atoms with van der Waals surface area (Å²) in [6.07, 6.45) is 2.10. The third-order valence-corrected chi connectivity index (χ3v) is 6.33. The smallest absolute Gasteiger partial charge is 0.335 e. The van der Waals surface area contributed by atoms with Crippen LogP contribution in [0.15, 0.2) is 72.8 Å². The van der Waals surface area contributed by atoms with Gasteiger partial charge in [-0.1, -0.05) is 43.3 Å². The van der Waals surface area contributed by atoms with Crippen molar-refractivity contribution >= 4 is 11.9 Å². The van der Waals surface area contributed by atoms with Gasteiger partial charge >= 0.3 is 11.9 Å². The number of ether oxygens (including phenoxy) is 1. The fourth-order valence-corrected chi connectivity index (χ4v) is 4.42. The first kappa shape index (κ1) is 31.2. The first-order valence-electron chi connectivity index (χ1n) is 12.7. The number of hydrogen-bond acceptors (Lipinski definition) is 6. The molecule has 0 aliphatic heterocycles. The minimum absolute atomic E-state index is 0.00782. The van der Waals surface area contributed by atoms with Gasteiger partial charge in [-0.15, -0.1) is 0 Å². The average Bonchev–Trinajstić information content (AvgIpc) is 2.94. The predicted octanol–water partition coefficient (Wildman–Crippen LogP) is 5.50. The molecule has 0 saturated carbocycles. The van der Waals surface area contributed by atoms with Crippen LogP contribution in [0.2, 0.25) is 0 Å². The fraction of sp³-hybridized carbons (Fsp3) is 0.323. The van der Waals surface area contributed by atoms with Crippen LogP contribution in [0.1, 0.15) is 65.2 Å². The Kier molecular flexibility index (Phi) is 12.3. The molecule has 0 radical (unpaired) electrons. The summed E-state index contributed by atoms with van der Waals surface area (Å²) in [7, 11) is 3.84. The molecule has 3 aromatic carbocycles. The summed E-state index contributed by atoms with van der Waals surface area (Å²) < 4.78 is 19.1. The third kappa shape index (κ3) is 8.47. The van der Waals surface area contributed by atoms with Gasteiger partial charge in [-0.2, -0.15) is 5.26 Å². The molecular formula is C31H35FN2O5. The van der Waals surface area contributed by atoms with Crippen LogP contribution in [-0.2, 0) is 21.7 Å². The van der Waals surface area contributed by atoms with Crippen LogP contribution < -0.4 is 0 Å². The molecule has 0 spiro atoms. The molecule has 0 aliphatic rings. The highest BCUT2D eigenvalue weighted by molar-refractivity contribution is 5.87. The van der Waals surface area contributed by atoms with E-state index in [1.807, 2.05) is 32.0 Å². The molecule has 0 saturated heterocycles. The number of benzene rings is 3. The maximum Gasteiger partial charge on any atom is 0.335 e. The standard InChI is InChI=1S/C24H29FN2O3.C7H6O2/c1-4-6-23(29)30-17-19-15-18(16-26)7-12-22(19)24(27(2)3,13-5-14-28)20-8-10-21(25)11-9-20;8-7(9)6-4-2-1-3-5-6/h7-12,15,28H,4-6,13-14,17H2,1-3H3;1-5H,(H,8,9)/t24-;/m1./s1. The quantitative estimate of drug-likeness (QED) is 0.312. The summed E-state index contributed by atoms with van der Waals surface area (Å²) in [6, 6.07) is 22.1. The molecule has 3 rings (SSSR count). The van der Waals surface area contributed by atoms with Gasteiger partial charge < -0.3 is 14.9 Å². The Bertz CT molecular complexity index is 1260. The Morgan fingerprint density at radius 1 is 1.05 bits per heavy atom. The van der Waals surface area contributed by atoms with Crippen LogP contribution in [0.25, 0.3) is 0 Å². The Hall–Kier alpha value is -4.06. The number of aliphatic hydroxyl groups excluding tert-OH is 1. The monoisotopic (exact) mass is 534 g/mol. The van der Waals surface area contributed by atoms with Gasteiger partial charge in [-0.25, -0.2) is 9.18 Å². The van der Waals surface area contributed by atoms with Gasteiger partial charge in [-0.05, 0) is 86.4 Å². The van der Waals surface area contributed by atoms with Crippen LogP contribution >= 0.6 is 0 Å². The molecule has 0 heterocycles. The molecule has 0 aliphatic carbocycles. The largest absolute Gasteiger partial charge is 0.478 e. The van der Waals surface area contributed by atoms with E-state index < -0.39 is 11.5 Å². The van der Waals surface area contributed by atoms with E-state index in [4.69, 9.17) is 9.84 Å². The third-order valence-electron chi connectivity index (χ3n) is 6.33. The van der Waals surface area contributed by atoms with Crippen molar-refractivity contribution in [3.05, 3.63) is 106 Å². The lowest BCUT2D eigenvalue weighted by atomic mass is 9.76. The number of carbonyl (C=O) groups excluding carboxylic acids is 1. The van der Waals surface area contributed by atoms with Crippen LogP contribution in [0.3, 0.4) is 0 Å². The van der Waals surface area contributed by atoms with Gasteiger partial charge in [0.25, 0.3) is 0 Å². The molecule has 7 nitrogen and oxygen atoms in total. The highest BCUT2D eigenvalue weighted by atomic mass is 19.1.